The Morgan fingerprint density at radius 3 is 2.64 bits per heavy atom. The van der Waals surface area contributed by atoms with Crippen molar-refractivity contribution < 1.29 is 18.8 Å². The van der Waals surface area contributed by atoms with Crippen LogP contribution in [0.5, 0.6) is 0 Å². The fourth-order valence-electron chi connectivity index (χ4n) is 2.43. The molecule has 2 aromatic carbocycles. The molecule has 0 saturated heterocycles. The zero-order valence-electron chi connectivity index (χ0n) is 13.4. The van der Waals surface area contributed by atoms with Crippen LogP contribution < -0.4 is 5.32 Å². The van der Waals surface area contributed by atoms with Crippen LogP contribution in [-0.2, 0) is 6.42 Å². The van der Waals surface area contributed by atoms with Crippen LogP contribution in [-0.4, -0.2) is 28.8 Å². The highest BCUT2D eigenvalue weighted by atomic mass is 19.1. The Morgan fingerprint density at radius 2 is 1.88 bits per heavy atom. The minimum absolute atomic E-state index is 0.0326. The molecule has 0 aliphatic rings. The Labute approximate surface area is 144 Å². The van der Waals surface area contributed by atoms with Crippen LogP contribution in [0.3, 0.4) is 0 Å². The Morgan fingerprint density at radius 1 is 1.16 bits per heavy atom. The number of carbonyl (C=O) groups is 1. The first-order valence-corrected chi connectivity index (χ1v) is 7.85. The van der Waals surface area contributed by atoms with Crippen molar-refractivity contribution in [3.8, 4) is 11.3 Å². The maximum atomic E-state index is 13.7. The van der Waals surface area contributed by atoms with E-state index in [-0.39, 0.29) is 23.6 Å². The minimum atomic E-state index is -0.718. The van der Waals surface area contributed by atoms with E-state index >= 15 is 0 Å². The van der Waals surface area contributed by atoms with Gasteiger partial charge in [0.05, 0.1) is 11.7 Å². The van der Waals surface area contributed by atoms with Gasteiger partial charge in [-0.1, -0.05) is 47.6 Å². The number of halogens is 1. The molecular weight excluding hydrogens is 323 g/mol. The van der Waals surface area contributed by atoms with E-state index in [0.29, 0.717) is 6.42 Å². The normalized spacial score (nSPS) is 11.9. The molecule has 6 heteroatoms. The van der Waals surface area contributed by atoms with E-state index in [9.17, 15) is 14.3 Å². The molecule has 5 nitrogen and oxygen atoms in total. The molecule has 1 heterocycles. The summed E-state index contributed by atoms with van der Waals surface area (Å²) in [6.45, 7) is 0.0790. The maximum absolute atomic E-state index is 13.7. The van der Waals surface area contributed by atoms with Crippen LogP contribution in [0.25, 0.3) is 11.3 Å². The quantitative estimate of drug-likeness (QED) is 0.723. The molecule has 0 fully saturated rings. The summed E-state index contributed by atoms with van der Waals surface area (Å²) in [4.78, 5) is 12.1. The SMILES string of the molecule is O=C(NCC(O)Cc1ccccc1)c1cc(-c2ccccc2F)on1. The van der Waals surface area contributed by atoms with Crippen molar-refractivity contribution >= 4 is 5.91 Å². The second-order valence-corrected chi connectivity index (χ2v) is 5.61. The summed E-state index contributed by atoms with van der Waals surface area (Å²) in [5, 5.41) is 16.3. The van der Waals surface area contributed by atoms with Gasteiger partial charge in [0.25, 0.3) is 5.91 Å². The summed E-state index contributed by atoms with van der Waals surface area (Å²) >= 11 is 0. The molecule has 1 aromatic heterocycles. The van der Waals surface area contributed by atoms with Gasteiger partial charge in [-0.05, 0) is 17.7 Å². The summed E-state index contributed by atoms with van der Waals surface area (Å²) in [7, 11) is 0. The highest BCUT2D eigenvalue weighted by Gasteiger charge is 2.16. The van der Waals surface area contributed by atoms with E-state index in [4.69, 9.17) is 4.52 Å². The Kier molecular flexibility index (Phi) is 5.20. The van der Waals surface area contributed by atoms with E-state index in [0.717, 1.165) is 5.56 Å². The highest BCUT2D eigenvalue weighted by molar-refractivity contribution is 5.93. The predicted molar refractivity (Wildman–Crippen MR) is 90.4 cm³/mol. The maximum Gasteiger partial charge on any atom is 0.273 e. The monoisotopic (exact) mass is 340 g/mol. The lowest BCUT2D eigenvalue weighted by molar-refractivity contribution is 0.0907. The number of benzene rings is 2. The standard InChI is InChI=1S/C19H17FN2O3/c20-16-9-5-4-8-15(16)18-11-17(22-25-18)19(24)21-12-14(23)10-13-6-2-1-3-7-13/h1-9,11,14,23H,10,12H2,(H,21,24). The number of aromatic nitrogens is 1. The van der Waals surface area contributed by atoms with Crippen LogP contribution in [0.4, 0.5) is 4.39 Å². The molecule has 1 amide bonds. The van der Waals surface area contributed by atoms with Crippen LogP contribution in [0, 0.1) is 5.82 Å². The number of carbonyl (C=O) groups excluding carboxylic acids is 1. The summed E-state index contributed by atoms with van der Waals surface area (Å²) in [5.74, 6) is -0.768. The van der Waals surface area contributed by atoms with Crippen LogP contribution in [0.1, 0.15) is 16.1 Å². The highest BCUT2D eigenvalue weighted by Crippen LogP contribution is 2.23. The molecule has 1 atom stereocenters. The van der Waals surface area contributed by atoms with Gasteiger partial charge in [-0.25, -0.2) is 4.39 Å². The number of amides is 1. The third kappa shape index (κ3) is 4.30. The number of aliphatic hydroxyl groups is 1. The van der Waals surface area contributed by atoms with Gasteiger partial charge in [-0.2, -0.15) is 0 Å². The smallest absolute Gasteiger partial charge is 0.273 e. The van der Waals surface area contributed by atoms with Gasteiger partial charge < -0.3 is 14.9 Å². The third-order valence-corrected chi connectivity index (χ3v) is 3.69. The van der Waals surface area contributed by atoms with Crippen molar-refractivity contribution in [1.82, 2.24) is 10.5 Å². The fraction of sp³-hybridized carbons (Fsp3) is 0.158. The largest absolute Gasteiger partial charge is 0.391 e. The van der Waals surface area contributed by atoms with Crippen molar-refractivity contribution in [1.29, 1.82) is 0 Å². The number of nitrogens with one attached hydrogen (secondary N) is 1. The van der Waals surface area contributed by atoms with Crippen LogP contribution in [0.2, 0.25) is 0 Å². The molecule has 128 valence electrons. The van der Waals surface area contributed by atoms with E-state index in [1.54, 1.807) is 18.2 Å². The molecule has 0 aliphatic heterocycles. The van der Waals surface area contributed by atoms with E-state index < -0.39 is 17.8 Å². The number of aliphatic hydroxyl groups excluding tert-OH is 1. The average Bonchev–Trinajstić information content (AvgIpc) is 3.11. The van der Waals surface area contributed by atoms with Crippen molar-refractivity contribution in [2.24, 2.45) is 0 Å². The first-order chi connectivity index (χ1) is 12.1. The molecule has 0 radical (unpaired) electrons. The fourth-order valence-corrected chi connectivity index (χ4v) is 2.43. The van der Waals surface area contributed by atoms with E-state index in [2.05, 4.69) is 10.5 Å². The first kappa shape index (κ1) is 16.9. The molecule has 0 bridgehead atoms. The van der Waals surface area contributed by atoms with Gasteiger partial charge in [-0.15, -0.1) is 0 Å². The summed E-state index contributed by atoms with van der Waals surface area (Å²) in [5.41, 5.74) is 1.25. The first-order valence-electron chi connectivity index (χ1n) is 7.85. The summed E-state index contributed by atoms with van der Waals surface area (Å²) < 4.78 is 18.8. The molecule has 3 aromatic rings. The van der Waals surface area contributed by atoms with E-state index in [1.807, 2.05) is 30.3 Å². The van der Waals surface area contributed by atoms with Crippen molar-refractivity contribution in [2.75, 3.05) is 6.54 Å². The number of hydrogen-bond donors (Lipinski definition) is 2. The van der Waals surface area contributed by atoms with Gasteiger partial charge in [-0.3, -0.25) is 4.79 Å². The van der Waals surface area contributed by atoms with Gasteiger partial charge in [0.1, 0.15) is 5.82 Å². The second-order valence-electron chi connectivity index (χ2n) is 5.61. The molecule has 1 unspecified atom stereocenters. The zero-order chi connectivity index (χ0) is 17.6. The third-order valence-electron chi connectivity index (χ3n) is 3.69. The Bertz CT molecular complexity index is 849. The lowest BCUT2D eigenvalue weighted by Crippen LogP contribution is -2.33. The van der Waals surface area contributed by atoms with Gasteiger partial charge in [0, 0.05) is 19.0 Å². The van der Waals surface area contributed by atoms with E-state index in [1.165, 1.54) is 12.1 Å². The molecule has 25 heavy (non-hydrogen) atoms. The second kappa shape index (κ2) is 7.72. The molecular formula is C19H17FN2O3. The topological polar surface area (TPSA) is 75.4 Å². The molecule has 3 rings (SSSR count). The number of nitrogens with zero attached hydrogens (tertiary/aromatic N) is 1. The lowest BCUT2D eigenvalue weighted by atomic mass is 10.1. The van der Waals surface area contributed by atoms with Crippen molar-refractivity contribution in [3.05, 3.63) is 77.7 Å². The Hall–Kier alpha value is -2.99. The van der Waals surface area contributed by atoms with Gasteiger partial charge >= 0.3 is 0 Å². The van der Waals surface area contributed by atoms with Crippen molar-refractivity contribution in [2.45, 2.75) is 12.5 Å². The summed E-state index contributed by atoms with van der Waals surface area (Å²) in [6, 6.07) is 16.9. The predicted octanol–water partition coefficient (Wildman–Crippen LogP) is 2.81. The summed E-state index contributed by atoms with van der Waals surface area (Å²) in [6.07, 6.45) is -0.287. The average molecular weight is 340 g/mol. The number of rotatable bonds is 6. The minimum Gasteiger partial charge on any atom is -0.391 e. The molecule has 2 N–H and O–H groups in total. The van der Waals surface area contributed by atoms with Gasteiger partial charge in [0.2, 0.25) is 0 Å². The van der Waals surface area contributed by atoms with Crippen LogP contribution in [0.15, 0.2) is 65.2 Å². The van der Waals surface area contributed by atoms with Crippen molar-refractivity contribution in [3.63, 3.8) is 0 Å². The molecule has 0 aliphatic carbocycles. The molecule has 0 spiro atoms. The zero-order valence-corrected chi connectivity index (χ0v) is 13.4. The van der Waals surface area contributed by atoms with Gasteiger partial charge in [0.15, 0.2) is 11.5 Å². The lowest BCUT2D eigenvalue weighted by Gasteiger charge is -2.11. The Balaban J connectivity index is 1.58. The molecule has 0 saturated carbocycles. The number of hydrogen-bond acceptors (Lipinski definition) is 4. The van der Waals surface area contributed by atoms with Crippen LogP contribution >= 0.6 is 0 Å².